The topological polar surface area (TPSA) is 88.5 Å². The number of carboxylic acid groups (broad SMARTS) is 1. The molecule has 3 rings (SSSR count). The summed E-state index contributed by atoms with van der Waals surface area (Å²) in [6, 6.07) is 9.08. The second kappa shape index (κ2) is 8.42. The van der Waals surface area contributed by atoms with Crippen LogP contribution in [0.4, 0.5) is 13.2 Å². The smallest absolute Gasteiger partial charge is 0.335 e. The largest absolute Gasteiger partial charge is 0.478 e. The third kappa shape index (κ3) is 5.10. The maximum atomic E-state index is 13.6. The van der Waals surface area contributed by atoms with E-state index in [1.807, 2.05) is 0 Å². The van der Waals surface area contributed by atoms with E-state index >= 15 is 0 Å². The third-order valence-electron chi connectivity index (χ3n) is 3.77. The lowest BCUT2D eigenvalue weighted by Gasteiger charge is -2.11. The molecule has 2 N–H and O–H groups in total. The molecule has 6 nitrogen and oxygen atoms in total. The first-order valence-electron chi connectivity index (χ1n) is 8.22. The summed E-state index contributed by atoms with van der Waals surface area (Å²) in [5, 5.41) is 11.4. The molecule has 0 radical (unpaired) electrons. The molecule has 0 aliphatic carbocycles. The average molecular weight is 402 g/mol. The van der Waals surface area contributed by atoms with E-state index < -0.39 is 29.3 Å². The summed E-state index contributed by atoms with van der Waals surface area (Å²) in [7, 11) is 0. The molecule has 0 aliphatic rings. The first kappa shape index (κ1) is 19.9. The Morgan fingerprint density at radius 1 is 0.966 bits per heavy atom. The highest BCUT2D eigenvalue weighted by atomic mass is 19.1. The Bertz CT molecular complexity index is 1050. The second-order valence-corrected chi connectivity index (χ2v) is 5.90. The van der Waals surface area contributed by atoms with E-state index in [9.17, 15) is 22.8 Å². The number of aromatic nitrogens is 1. The summed E-state index contributed by atoms with van der Waals surface area (Å²) >= 11 is 0. The number of carbonyl (C=O) groups is 2. The summed E-state index contributed by atoms with van der Waals surface area (Å²) in [5.74, 6) is -5.00. The van der Waals surface area contributed by atoms with Gasteiger partial charge in [0, 0.05) is 24.7 Å². The zero-order valence-corrected chi connectivity index (χ0v) is 14.7. The van der Waals surface area contributed by atoms with Gasteiger partial charge < -0.3 is 15.2 Å². The average Bonchev–Trinajstić information content (AvgIpc) is 2.67. The highest BCUT2D eigenvalue weighted by Gasteiger charge is 2.17. The fraction of sp³-hybridized carbons (Fsp3) is 0.0500. The number of nitrogens with zero attached hydrogens (tertiary/aromatic N) is 1. The van der Waals surface area contributed by atoms with Crippen LogP contribution in [0.1, 0.15) is 26.3 Å². The van der Waals surface area contributed by atoms with E-state index in [-0.39, 0.29) is 29.3 Å². The van der Waals surface area contributed by atoms with Crippen LogP contribution >= 0.6 is 0 Å². The van der Waals surface area contributed by atoms with Crippen LogP contribution in [-0.2, 0) is 6.54 Å². The van der Waals surface area contributed by atoms with Crippen molar-refractivity contribution >= 4 is 11.9 Å². The lowest BCUT2D eigenvalue weighted by Crippen LogP contribution is -2.23. The number of hydrogen-bond donors (Lipinski definition) is 2. The van der Waals surface area contributed by atoms with Gasteiger partial charge in [-0.3, -0.25) is 4.79 Å². The Balaban J connectivity index is 1.77. The van der Waals surface area contributed by atoms with E-state index in [1.165, 1.54) is 24.3 Å². The van der Waals surface area contributed by atoms with E-state index in [1.54, 1.807) is 0 Å². The lowest BCUT2D eigenvalue weighted by molar-refractivity contribution is 0.0696. The van der Waals surface area contributed by atoms with Crippen molar-refractivity contribution in [1.82, 2.24) is 10.3 Å². The highest BCUT2D eigenvalue weighted by Crippen LogP contribution is 2.25. The van der Waals surface area contributed by atoms with Crippen molar-refractivity contribution in [3.8, 4) is 11.6 Å². The van der Waals surface area contributed by atoms with Gasteiger partial charge in [-0.05, 0) is 23.8 Å². The van der Waals surface area contributed by atoms with Gasteiger partial charge in [0.05, 0.1) is 11.8 Å². The van der Waals surface area contributed by atoms with Crippen molar-refractivity contribution in [2.45, 2.75) is 6.54 Å². The van der Waals surface area contributed by atoms with Crippen LogP contribution in [-0.4, -0.2) is 22.0 Å². The molecule has 2 aromatic carbocycles. The number of pyridine rings is 1. The van der Waals surface area contributed by atoms with Crippen LogP contribution in [0.25, 0.3) is 0 Å². The highest BCUT2D eigenvalue weighted by molar-refractivity contribution is 5.96. The molecular formula is C20H13F3N2O4. The number of aromatic carboxylic acids is 1. The first-order chi connectivity index (χ1) is 13.8. The zero-order valence-electron chi connectivity index (χ0n) is 14.7. The molecule has 0 aliphatic heterocycles. The fourth-order valence-corrected chi connectivity index (χ4v) is 2.41. The molecule has 1 heterocycles. The van der Waals surface area contributed by atoms with Gasteiger partial charge in [-0.1, -0.05) is 12.1 Å². The minimum Gasteiger partial charge on any atom is -0.478 e. The van der Waals surface area contributed by atoms with Crippen molar-refractivity contribution in [3.05, 3.63) is 88.9 Å². The molecule has 0 unspecified atom stereocenters. The summed E-state index contributed by atoms with van der Waals surface area (Å²) in [4.78, 5) is 27.0. The van der Waals surface area contributed by atoms with Gasteiger partial charge in [0.1, 0.15) is 28.8 Å². The van der Waals surface area contributed by atoms with Gasteiger partial charge in [-0.25, -0.2) is 22.9 Å². The van der Waals surface area contributed by atoms with Gasteiger partial charge in [-0.15, -0.1) is 0 Å². The molecule has 9 heteroatoms. The number of hydrogen-bond acceptors (Lipinski definition) is 4. The third-order valence-corrected chi connectivity index (χ3v) is 3.77. The van der Waals surface area contributed by atoms with Crippen LogP contribution in [0.2, 0.25) is 0 Å². The Morgan fingerprint density at radius 3 is 2.24 bits per heavy atom. The molecule has 148 valence electrons. The van der Waals surface area contributed by atoms with E-state index in [0.29, 0.717) is 11.6 Å². The molecular weight excluding hydrogens is 389 g/mol. The number of carbonyl (C=O) groups excluding carboxylic acids is 1. The normalized spacial score (nSPS) is 10.4. The van der Waals surface area contributed by atoms with E-state index in [4.69, 9.17) is 9.84 Å². The Morgan fingerprint density at radius 2 is 1.62 bits per heavy atom. The molecule has 0 bridgehead atoms. The Kier molecular flexibility index (Phi) is 5.77. The molecule has 0 fully saturated rings. The molecule has 0 saturated heterocycles. The minimum atomic E-state index is -1.08. The van der Waals surface area contributed by atoms with Crippen molar-refractivity contribution < 1.29 is 32.6 Å². The molecule has 1 aromatic heterocycles. The number of benzene rings is 2. The SMILES string of the molecule is O=C(O)c1ccc(CNC(=O)c2cc(F)cnc2Oc2cc(F)cc(F)c2)cc1. The van der Waals surface area contributed by atoms with Crippen molar-refractivity contribution in [2.24, 2.45) is 0 Å². The number of nitrogens with one attached hydrogen (secondary N) is 1. The molecule has 29 heavy (non-hydrogen) atoms. The Labute approximate surface area is 162 Å². The molecule has 0 saturated carbocycles. The molecule has 0 spiro atoms. The number of ether oxygens (including phenoxy) is 1. The lowest BCUT2D eigenvalue weighted by atomic mass is 10.1. The summed E-state index contributed by atoms with van der Waals surface area (Å²) in [6.45, 7) is 0.0171. The number of rotatable bonds is 6. The standard InChI is InChI=1S/C20H13F3N2O4/c21-13-5-14(22)7-16(6-13)29-19-17(8-15(23)10-25-19)18(26)24-9-11-1-3-12(4-2-11)20(27)28/h1-8,10H,9H2,(H,24,26)(H,27,28). The van der Waals surface area contributed by atoms with Crippen LogP contribution in [0.3, 0.4) is 0 Å². The summed E-state index contributed by atoms with van der Waals surface area (Å²) in [5.41, 5.74) is 0.409. The predicted molar refractivity (Wildman–Crippen MR) is 95.2 cm³/mol. The van der Waals surface area contributed by atoms with Gasteiger partial charge in [-0.2, -0.15) is 0 Å². The first-order valence-corrected chi connectivity index (χ1v) is 8.22. The minimum absolute atomic E-state index is 0.0171. The van der Waals surface area contributed by atoms with E-state index in [2.05, 4.69) is 10.3 Å². The van der Waals surface area contributed by atoms with Crippen molar-refractivity contribution in [3.63, 3.8) is 0 Å². The number of halogens is 3. The van der Waals surface area contributed by atoms with Gasteiger partial charge in [0.25, 0.3) is 5.91 Å². The van der Waals surface area contributed by atoms with E-state index in [0.717, 1.165) is 24.4 Å². The Hall–Kier alpha value is -3.88. The molecule has 0 atom stereocenters. The summed E-state index contributed by atoms with van der Waals surface area (Å²) < 4.78 is 45.5. The second-order valence-electron chi connectivity index (χ2n) is 5.90. The molecule has 3 aromatic rings. The summed E-state index contributed by atoms with van der Waals surface area (Å²) in [6.07, 6.45) is 0.798. The number of amides is 1. The van der Waals surface area contributed by atoms with Crippen molar-refractivity contribution in [1.29, 1.82) is 0 Å². The van der Waals surface area contributed by atoms with Crippen LogP contribution in [0.5, 0.6) is 11.6 Å². The maximum Gasteiger partial charge on any atom is 0.335 e. The number of carboxylic acids is 1. The zero-order chi connectivity index (χ0) is 21.0. The monoisotopic (exact) mass is 402 g/mol. The molecule has 1 amide bonds. The van der Waals surface area contributed by atoms with Crippen LogP contribution < -0.4 is 10.1 Å². The predicted octanol–water partition coefficient (Wildman–Crippen LogP) is 3.92. The van der Waals surface area contributed by atoms with Gasteiger partial charge in [0.2, 0.25) is 5.88 Å². The quantitative estimate of drug-likeness (QED) is 0.653. The van der Waals surface area contributed by atoms with Gasteiger partial charge >= 0.3 is 5.97 Å². The van der Waals surface area contributed by atoms with Crippen LogP contribution in [0.15, 0.2) is 54.7 Å². The maximum absolute atomic E-state index is 13.6. The van der Waals surface area contributed by atoms with Gasteiger partial charge in [0.15, 0.2) is 0 Å². The van der Waals surface area contributed by atoms with Crippen molar-refractivity contribution in [2.75, 3.05) is 0 Å². The fourth-order valence-electron chi connectivity index (χ4n) is 2.41. The van der Waals surface area contributed by atoms with Crippen LogP contribution in [0, 0.1) is 17.5 Å².